The summed E-state index contributed by atoms with van der Waals surface area (Å²) in [6.45, 7) is 7.82. The average molecular weight is 275 g/mol. The molecule has 0 radical (unpaired) electrons. The molecule has 0 aliphatic rings. The molecular weight excluding hydrogens is 259 g/mol. The standard InChI is InChI=1S/C11H16BrFN2/c1-4-15(7-8(2)3)11-10(13)5-9(12)6-14-11/h5-6,8H,4,7H2,1-3H3. The van der Waals surface area contributed by atoms with E-state index in [1.165, 1.54) is 6.07 Å². The van der Waals surface area contributed by atoms with E-state index in [1.807, 2.05) is 11.8 Å². The molecule has 0 amide bonds. The van der Waals surface area contributed by atoms with Crippen molar-refractivity contribution in [1.29, 1.82) is 0 Å². The first-order chi connectivity index (χ1) is 7.04. The van der Waals surface area contributed by atoms with Crippen LogP contribution in [0.3, 0.4) is 0 Å². The molecule has 1 rings (SSSR count). The summed E-state index contributed by atoms with van der Waals surface area (Å²) in [5, 5.41) is 0. The summed E-state index contributed by atoms with van der Waals surface area (Å²) in [5.41, 5.74) is 0. The van der Waals surface area contributed by atoms with Gasteiger partial charge in [-0.15, -0.1) is 0 Å². The van der Waals surface area contributed by atoms with Crippen LogP contribution in [0.2, 0.25) is 0 Å². The number of hydrogen-bond donors (Lipinski definition) is 0. The van der Waals surface area contributed by atoms with Crippen LogP contribution in [0.15, 0.2) is 16.7 Å². The molecule has 4 heteroatoms. The van der Waals surface area contributed by atoms with Gasteiger partial charge in [0.05, 0.1) is 0 Å². The first-order valence-electron chi connectivity index (χ1n) is 5.10. The van der Waals surface area contributed by atoms with Crippen LogP contribution in [0.25, 0.3) is 0 Å². The predicted molar refractivity (Wildman–Crippen MR) is 64.6 cm³/mol. The molecule has 0 saturated heterocycles. The van der Waals surface area contributed by atoms with E-state index in [-0.39, 0.29) is 5.82 Å². The predicted octanol–water partition coefficient (Wildman–Crippen LogP) is 3.47. The molecule has 0 bridgehead atoms. The number of anilines is 1. The maximum Gasteiger partial charge on any atom is 0.166 e. The third kappa shape index (κ3) is 3.45. The lowest BCUT2D eigenvalue weighted by atomic mass is 10.2. The lowest BCUT2D eigenvalue weighted by molar-refractivity contribution is 0.577. The van der Waals surface area contributed by atoms with E-state index in [9.17, 15) is 4.39 Å². The molecule has 0 fully saturated rings. The van der Waals surface area contributed by atoms with Gasteiger partial charge in [-0.05, 0) is 34.8 Å². The van der Waals surface area contributed by atoms with Gasteiger partial charge < -0.3 is 4.90 Å². The Balaban J connectivity index is 2.91. The Morgan fingerprint density at radius 1 is 1.53 bits per heavy atom. The van der Waals surface area contributed by atoms with Gasteiger partial charge in [0, 0.05) is 23.8 Å². The van der Waals surface area contributed by atoms with E-state index in [0.29, 0.717) is 16.2 Å². The normalized spacial score (nSPS) is 10.8. The molecule has 0 aliphatic carbocycles. The molecule has 0 aromatic carbocycles. The van der Waals surface area contributed by atoms with Crippen molar-refractivity contribution in [1.82, 2.24) is 4.98 Å². The topological polar surface area (TPSA) is 16.1 Å². The zero-order valence-corrected chi connectivity index (χ0v) is 10.9. The van der Waals surface area contributed by atoms with E-state index in [1.54, 1.807) is 6.20 Å². The van der Waals surface area contributed by atoms with Crippen LogP contribution in [-0.2, 0) is 0 Å². The minimum absolute atomic E-state index is 0.271. The Kier molecular flexibility index (Phi) is 4.51. The van der Waals surface area contributed by atoms with Crippen LogP contribution >= 0.6 is 15.9 Å². The number of halogens is 2. The summed E-state index contributed by atoms with van der Waals surface area (Å²) in [4.78, 5) is 6.06. The molecule has 0 spiro atoms. The molecule has 1 aromatic rings. The Morgan fingerprint density at radius 3 is 2.67 bits per heavy atom. The molecule has 0 saturated carbocycles. The number of nitrogens with zero attached hydrogens (tertiary/aromatic N) is 2. The van der Waals surface area contributed by atoms with Gasteiger partial charge in [-0.1, -0.05) is 13.8 Å². The van der Waals surface area contributed by atoms with Crippen LogP contribution < -0.4 is 4.90 Å². The lowest BCUT2D eigenvalue weighted by Crippen LogP contribution is -2.28. The second kappa shape index (κ2) is 5.45. The first-order valence-corrected chi connectivity index (χ1v) is 5.89. The van der Waals surface area contributed by atoms with E-state index >= 15 is 0 Å². The fourth-order valence-electron chi connectivity index (χ4n) is 1.45. The van der Waals surface area contributed by atoms with E-state index in [0.717, 1.165) is 13.1 Å². The lowest BCUT2D eigenvalue weighted by Gasteiger charge is -2.24. The SMILES string of the molecule is CCN(CC(C)C)c1ncc(Br)cc1F. The summed E-state index contributed by atoms with van der Waals surface area (Å²) in [5.74, 6) is 0.663. The van der Waals surface area contributed by atoms with Crippen molar-refractivity contribution >= 4 is 21.7 Å². The molecule has 2 nitrogen and oxygen atoms in total. The smallest absolute Gasteiger partial charge is 0.166 e. The van der Waals surface area contributed by atoms with Gasteiger partial charge >= 0.3 is 0 Å². The van der Waals surface area contributed by atoms with Crippen molar-refractivity contribution in [3.8, 4) is 0 Å². The molecule has 0 N–H and O–H groups in total. The maximum atomic E-state index is 13.6. The summed E-state index contributed by atoms with van der Waals surface area (Å²) in [6.07, 6.45) is 1.63. The monoisotopic (exact) mass is 274 g/mol. The molecule has 15 heavy (non-hydrogen) atoms. The quantitative estimate of drug-likeness (QED) is 0.836. The third-order valence-electron chi connectivity index (χ3n) is 2.06. The van der Waals surface area contributed by atoms with Crippen molar-refractivity contribution in [2.75, 3.05) is 18.0 Å². The number of rotatable bonds is 4. The van der Waals surface area contributed by atoms with E-state index in [2.05, 4.69) is 34.8 Å². The molecule has 1 heterocycles. The molecule has 0 atom stereocenters. The van der Waals surface area contributed by atoms with Crippen LogP contribution in [0.1, 0.15) is 20.8 Å². The number of pyridine rings is 1. The van der Waals surface area contributed by atoms with Gasteiger partial charge in [0.1, 0.15) is 0 Å². The van der Waals surface area contributed by atoms with E-state index in [4.69, 9.17) is 0 Å². The van der Waals surface area contributed by atoms with Crippen molar-refractivity contribution in [2.45, 2.75) is 20.8 Å². The van der Waals surface area contributed by atoms with Crippen molar-refractivity contribution < 1.29 is 4.39 Å². The van der Waals surface area contributed by atoms with Crippen LogP contribution in [0.5, 0.6) is 0 Å². The Morgan fingerprint density at radius 2 is 2.20 bits per heavy atom. The number of hydrogen-bond acceptors (Lipinski definition) is 2. The Hall–Kier alpha value is -0.640. The van der Waals surface area contributed by atoms with Crippen LogP contribution in [0.4, 0.5) is 10.2 Å². The minimum atomic E-state index is -0.271. The molecular formula is C11H16BrFN2. The molecule has 1 aromatic heterocycles. The fraction of sp³-hybridized carbons (Fsp3) is 0.545. The highest BCUT2D eigenvalue weighted by Gasteiger charge is 2.12. The van der Waals surface area contributed by atoms with Crippen molar-refractivity contribution in [2.24, 2.45) is 5.92 Å². The average Bonchev–Trinajstić information content (AvgIpc) is 2.14. The zero-order valence-electron chi connectivity index (χ0n) is 9.30. The van der Waals surface area contributed by atoms with Gasteiger partial charge in [0.25, 0.3) is 0 Å². The largest absolute Gasteiger partial charge is 0.354 e. The second-order valence-electron chi connectivity index (χ2n) is 3.89. The van der Waals surface area contributed by atoms with Gasteiger partial charge in [0.15, 0.2) is 11.6 Å². The third-order valence-corrected chi connectivity index (χ3v) is 2.49. The summed E-state index contributed by atoms with van der Waals surface area (Å²) in [7, 11) is 0. The zero-order chi connectivity index (χ0) is 11.4. The molecule has 0 aliphatic heterocycles. The van der Waals surface area contributed by atoms with Crippen LogP contribution in [0, 0.1) is 11.7 Å². The maximum absolute atomic E-state index is 13.6. The number of aromatic nitrogens is 1. The highest BCUT2D eigenvalue weighted by atomic mass is 79.9. The van der Waals surface area contributed by atoms with Crippen molar-refractivity contribution in [3.05, 3.63) is 22.6 Å². The van der Waals surface area contributed by atoms with Gasteiger partial charge in [-0.2, -0.15) is 0 Å². The highest BCUT2D eigenvalue weighted by Crippen LogP contribution is 2.20. The minimum Gasteiger partial charge on any atom is -0.354 e. The Labute approximate surface area is 98.6 Å². The summed E-state index contributed by atoms with van der Waals surface area (Å²) >= 11 is 3.20. The summed E-state index contributed by atoms with van der Waals surface area (Å²) in [6, 6.07) is 1.45. The van der Waals surface area contributed by atoms with Gasteiger partial charge in [-0.3, -0.25) is 0 Å². The fourth-order valence-corrected chi connectivity index (χ4v) is 1.75. The Bertz CT molecular complexity index is 328. The van der Waals surface area contributed by atoms with Crippen molar-refractivity contribution in [3.63, 3.8) is 0 Å². The molecule has 0 unspecified atom stereocenters. The summed E-state index contributed by atoms with van der Waals surface area (Å²) < 4.78 is 14.3. The highest BCUT2D eigenvalue weighted by molar-refractivity contribution is 9.10. The van der Waals surface area contributed by atoms with E-state index < -0.39 is 0 Å². The van der Waals surface area contributed by atoms with Crippen LogP contribution in [-0.4, -0.2) is 18.1 Å². The first kappa shape index (κ1) is 12.4. The molecule has 84 valence electrons. The second-order valence-corrected chi connectivity index (χ2v) is 4.81. The van der Waals surface area contributed by atoms with Gasteiger partial charge in [0.2, 0.25) is 0 Å². The van der Waals surface area contributed by atoms with Gasteiger partial charge in [-0.25, -0.2) is 9.37 Å².